The van der Waals surface area contributed by atoms with Crippen LogP contribution in [0.5, 0.6) is 5.75 Å². The SMILES string of the molecule is C[C@@H](N)C(=O)NCc1ccccc1OC1CCCC1. The molecule has 0 bridgehead atoms. The molecule has 1 aliphatic carbocycles. The molecule has 4 heteroatoms. The third-order valence-electron chi connectivity index (χ3n) is 3.44. The molecule has 3 N–H and O–H groups in total. The number of carbonyl (C=O) groups excluding carboxylic acids is 1. The molecule has 19 heavy (non-hydrogen) atoms. The Labute approximate surface area is 114 Å². The second-order valence-corrected chi connectivity index (χ2v) is 5.14. The Morgan fingerprint density at radius 1 is 1.42 bits per heavy atom. The average Bonchev–Trinajstić information content (AvgIpc) is 2.90. The summed E-state index contributed by atoms with van der Waals surface area (Å²) in [4.78, 5) is 11.5. The van der Waals surface area contributed by atoms with E-state index in [0.717, 1.165) is 24.2 Å². The van der Waals surface area contributed by atoms with Crippen molar-refractivity contribution >= 4 is 5.91 Å². The summed E-state index contributed by atoms with van der Waals surface area (Å²) in [5, 5.41) is 2.82. The summed E-state index contributed by atoms with van der Waals surface area (Å²) in [5.41, 5.74) is 6.53. The van der Waals surface area contributed by atoms with Crippen LogP contribution < -0.4 is 15.8 Å². The number of nitrogens with two attached hydrogens (primary N) is 1. The molecule has 2 rings (SSSR count). The number of rotatable bonds is 5. The van der Waals surface area contributed by atoms with E-state index in [9.17, 15) is 4.79 Å². The Bertz CT molecular complexity index is 426. The summed E-state index contributed by atoms with van der Waals surface area (Å²) < 4.78 is 6.02. The van der Waals surface area contributed by atoms with Gasteiger partial charge in [0.25, 0.3) is 0 Å². The topological polar surface area (TPSA) is 64.4 Å². The predicted octanol–water partition coefficient (Wildman–Crippen LogP) is 1.97. The van der Waals surface area contributed by atoms with E-state index in [1.165, 1.54) is 12.8 Å². The summed E-state index contributed by atoms with van der Waals surface area (Å²) in [6.45, 7) is 2.14. The first-order valence-corrected chi connectivity index (χ1v) is 6.94. The fourth-order valence-corrected chi connectivity index (χ4v) is 2.29. The Kier molecular flexibility index (Phi) is 4.80. The van der Waals surface area contributed by atoms with Crippen molar-refractivity contribution in [2.45, 2.75) is 51.3 Å². The zero-order valence-corrected chi connectivity index (χ0v) is 11.4. The van der Waals surface area contributed by atoms with E-state index in [0.29, 0.717) is 12.6 Å². The van der Waals surface area contributed by atoms with Crippen molar-refractivity contribution in [3.8, 4) is 5.75 Å². The molecular weight excluding hydrogens is 240 g/mol. The Balaban J connectivity index is 1.97. The van der Waals surface area contributed by atoms with Crippen LogP contribution in [0.25, 0.3) is 0 Å². The number of nitrogens with one attached hydrogen (secondary N) is 1. The quantitative estimate of drug-likeness (QED) is 0.852. The van der Waals surface area contributed by atoms with Crippen molar-refractivity contribution in [1.29, 1.82) is 0 Å². The zero-order chi connectivity index (χ0) is 13.7. The van der Waals surface area contributed by atoms with E-state index < -0.39 is 6.04 Å². The molecule has 0 saturated heterocycles. The highest BCUT2D eigenvalue weighted by Gasteiger charge is 2.18. The maximum absolute atomic E-state index is 11.5. The summed E-state index contributed by atoms with van der Waals surface area (Å²) in [7, 11) is 0. The molecule has 0 spiro atoms. The second-order valence-electron chi connectivity index (χ2n) is 5.14. The van der Waals surface area contributed by atoms with E-state index in [1.54, 1.807) is 6.92 Å². The van der Waals surface area contributed by atoms with E-state index in [4.69, 9.17) is 10.5 Å². The van der Waals surface area contributed by atoms with Crippen molar-refractivity contribution in [2.24, 2.45) is 5.73 Å². The minimum absolute atomic E-state index is 0.143. The van der Waals surface area contributed by atoms with Gasteiger partial charge in [-0.3, -0.25) is 4.79 Å². The lowest BCUT2D eigenvalue weighted by atomic mass is 10.2. The molecule has 0 radical (unpaired) electrons. The summed E-state index contributed by atoms with van der Waals surface area (Å²) >= 11 is 0. The smallest absolute Gasteiger partial charge is 0.236 e. The molecule has 1 amide bonds. The van der Waals surface area contributed by atoms with Gasteiger partial charge in [0.2, 0.25) is 5.91 Å². The lowest BCUT2D eigenvalue weighted by molar-refractivity contribution is -0.122. The van der Waals surface area contributed by atoms with E-state index >= 15 is 0 Å². The minimum Gasteiger partial charge on any atom is -0.490 e. The first-order chi connectivity index (χ1) is 9.16. The first kappa shape index (κ1) is 13.9. The lowest BCUT2D eigenvalue weighted by Crippen LogP contribution is -2.37. The number of carbonyl (C=O) groups is 1. The molecule has 1 fully saturated rings. The molecule has 1 atom stereocenters. The fraction of sp³-hybridized carbons (Fsp3) is 0.533. The molecule has 0 aromatic heterocycles. The van der Waals surface area contributed by atoms with Crippen LogP contribution in [0.3, 0.4) is 0 Å². The minimum atomic E-state index is -0.483. The number of hydrogen-bond donors (Lipinski definition) is 2. The van der Waals surface area contributed by atoms with Gasteiger partial charge in [-0.1, -0.05) is 18.2 Å². The number of para-hydroxylation sites is 1. The third kappa shape index (κ3) is 3.96. The van der Waals surface area contributed by atoms with Gasteiger partial charge in [0.15, 0.2) is 0 Å². The number of amides is 1. The van der Waals surface area contributed by atoms with Gasteiger partial charge in [0, 0.05) is 12.1 Å². The van der Waals surface area contributed by atoms with Crippen molar-refractivity contribution in [2.75, 3.05) is 0 Å². The molecule has 1 aliphatic rings. The molecular formula is C15H22N2O2. The molecule has 0 heterocycles. The number of ether oxygens (including phenoxy) is 1. The highest BCUT2D eigenvalue weighted by molar-refractivity contribution is 5.80. The standard InChI is InChI=1S/C15H22N2O2/c1-11(16)15(18)17-10-12-6-2-5-9-14(12)19-13-7-3-4-8-13/h2,5-6,9,11,13H,3-4,7-8,10,16H2,1H3,(H,17,18)/t11-/m1/s1. The van der Waals surface area contributed by atoms with Crippen LogP contribution in [0.4, 0.5) is 0 Å². The van der Waals surface area contributed by atoms with Gasteiger partial charge in [-0.2, -0.15) is 0 Å². The molecule has 1 saturated carbocycles. The fourth-order valence-electron chi connectivity index (χ4n) is 2.29. The molecule has 0 unspecified atom stereocenters. The van der Waals surface area contributed by atoms with Gasteiger partial charge < -0.3 is 15.8 Å². The maximum Gasteiger partial charge on any atom is 0.236 e. The van der Waals surface area contributed by atoms with E-state index in [2.05, 4.69) is 5.32 Å². The van der Waals surface area contributed by atoms with Crippen LogP contribution in [0.15, 0.2) is 24.3 Å². The van der Waals surface area contributed by atoms with Crippen molar-refractivity contribution < 1.29 is 9.53 Å². The summed E-state index contributed by atoms with van der Waals surface area (Å²) in [6.07, 6.45) is 5.06. The van der Waals surface area contributed by atoms with Crippen LogP contribution in [0.2, 0.25) is 0 Å². The normalized spacial score (nSPS) is 17.2. The van der Waals surface area contributed by atoms with Crippen molar-refractivity contribution in [3.63, 3.8) is 0 Å². The van der Waals surface area contributed by atoms with Crippen LogP contribution in [-0.4, -0.2) is 18.1 Å². The van der Waals surface area contributed by atoms with E-state index in [1.807, 2.05) is 24.3 Å². The Hall–Kier alpha value is -1.55. The summed E-state index contributed by atoms with van der Waals surface area (Å²) in [5.74, 6) is 0.732. The maximum atomic E-state index is 11.5. The molecule has 4 nitrogen and oxygen atoms in total. The zero-order valence-electron chi connectivity index (χ0n) is 11.4. The molecule has 0 aliphatic heterocycles. The molecule has 1 aromatic rings. The van der Waals surface area contributed by atoms with Crippen LogP contribution >= 0.6 is 0 Å². The van der Waals surface area contributed by atoms with Gasteiger partial charge >= 0.3 is 0 Å². The average molecular weight is 262 g/mol. The summed E-state index contributed by atoms with van der Waals surface area (Å²) in [6, 6.07) is 7.37. The van der Waals surface area contributed by atoms with Gasteiger partial charge in [-0.15, -0.1) is 0 Å². The molecule has 104 valence electrons. The lowest BCUT2D eigenvalue weighted by Gasteiger charge is -2.17. The van der Waals surface area contributed by atoms with Crippen LogP contribution in [0.1, 0.15) is 38.2 Å². The highest BCUT2D eigenvalue weighted by atomic mass is 16.5. The Morgan fingerprint density at radius 3 is 2.79 bits per heavy atom. The number of hydrogen-bond acceptors (Lipinski definition) is 3. The van der Waals surface area contributed by atoms with Gasteiger partial charge in [0.1, 0.15) is 5.75 Å². The Morgan fingerprint density at radius 2 is 2.11 bits per heavy atom. The monoisotopic (exact) mass is 262 g/mol. The van der Waals surface area contributed by atoms with Gasteiger partial charge in [0.05, 0.1) is 12.1 Å². The van der Waals surface area contributed by atoms with Gasteiger partial charge in [-0.05, 0) is 38.7 Å². The van der Waals surface area contributed by atoms with Crippen molar-refractivity contribution in [1.82, 2.24) is 5.32 Å². The third-order valence-corrected chi connectivity index (χ3v) is 3.44. The number of benzene rings is 1. The second kappa shape index (κ2) is 6.57. The van der Waals surface area contributed by atoms with Crippen molar-refractivity contribution in [3.05, 3.63) is 29.8 Å². The molecule has 1 aromatic carbocycles. The largest absolute Gasteiger partial charge is 0.490 e. The highest BCUT2D eigenvalue weighted by Crippen LogP contribution is 2.26. The van der Waals surface area contributed by atoms with Crippen LogP contribution in [0, 0.1) is 0 Å². The predicted molar refractivity (Wildman–Crippen MR) is 74.8 cm³/mol. The van der Waals surface area contributed by atoms with Crippen LogP contribution in [-0.2, 0) is 11.3 Å². The van der Waals surface area contributed by atoms with Gasteiger partial charge in [-0.25, -0.2) is 0 Å². The first-order valence-electron chi connectivity index (χ1n) is 6.94. The van der Waals surface area contributed by atoms with E-state index in [-0.39, 0.29) is 5.91 Å².